The molecule has 1 fully saturated rings. The van der Waals surface area contributed by atoms with E-state index < -0.39 is 0 Å². The van der Waals surface area contributed by atoms with Gasteiger partial charge in [0.2, 0.25) is 0 Å². The molecule has 1 aromatic rings. The maximum Gasteiger partial charge on any atom is 0.0566 e. The molecule has 0 aromatic carbocycles. The van der Waals surface area contributed by atoms with Crippen LogP contribution in [0.1, 0.15) is 27.2 Å². The molecule has 2 heterocycles. The van der Waals surface area contributed by atoms with Gasteiger partial charge in [-0.1, -0.05) is 13.8 Å². The number of piperidine rings is 1. The fourth-order valence-electron chi connectivity index (χ4n) is 2.84. The van der Waals surface area contributed by atoms with E-state index in [4.69, 9.17) is 0 Å². The summed E-state index contributed by atoms with van der Waals surface area (Å²) in [5.41, 5.74) is 1.22. The summed E-state index contributed by atoms with van der Waals surface area (Å²) >= 11 is 3.50. The van der Waals surface area contributed by atoms with Gasteiger partial charge in [-0.3, -0.25) is 4.98 Å². The van der Waals surface area contributed by atoms with E-state index in [1.165, 1.54) is 12.1 Å². The Kier molecular flexibility index (Phi) is 4.62. The van der Waals surface area contributed by atoms with Gasteiger partial charge in [-0.05, 0) is 47.8 Å². The Labute approximate surface area is 118 Å². The summed E-state index contributed by atoms with van der Waals surface area (Å²) in [6.45, 7) is 8.99. The van der Waals surface area contributed by atoms with E-state index in [0.29, 0.717) is 18.0 Å². The van der Waals surface area contributed by atoms with Crippen LogP contribution in [0, 0.1) is 5.92 Å². The lowest BCUT2D eigenvalue weighted by Crippen LogP contribution is -2.53. The van der Waals surface area contributed by atoms with Crippen LogP contribution in [-0.4, -0.2) is 30.2 Å². The zero-order valence-corrected chi connectivity index (χ0v) is 12.9. The van der Waals surface area contributed by atoms with Crippen LogP contribution in [0.5, 0.6) is 0 Å². The highest BCUT2D eigenvalue weighted by atomic mass is 79.9. The van der Waals surface area contributed by atoms with Crippen LogP contribution < -0.4 is 10.2 Å². The van der Waals surface area contributed by atoms with Gasteiger partial charge >= 0.3 is 0 Å². The van der Waals surface area contributed by atoms with Crippen molar-refractivity contribution in [2.75, 3.05) is 18.0 Å². The number of rotatable bonds is 3. The van der Waals surface area contributed by atoms with Gasteiger partial charge in [0.15, 0.2) is 0 Å². The monoisotopic (exact) mass is 311 g/mol. The van der Waals surface area contributed by atoms with Crippen LogP contribution in [0.4, 0.5) is 5.69 Å². The first-order valence-electron chi connectivity index (χ1n) is 6.74. The molecular formula is C14H22BrN3. The van der Waals surface area contributed by atoms with Crippen molar-refractivity contribution in [2.24, 2.45) is 5.92 Å². The van der Waals surface area contributed by atoms with Crippen molar-refractivity contribution in [1.82, 2.24) is 10.3 Å². The molecule has 3 unspecified atom stereocenters. The molecule has 0 spiro atoms. The largest absolute Gasteiger partial charge is 0.367 e. The second-order valence-electron chi connectivity index (χ2n) is 5.11. The van der Waals surface area contributed by atoms with E-state index in [1.54, 1.807) is 0 Å². The van der Waals surface area contributed by atoms with E-state index in [1.807, 2.05) is 12.4 Å². The Morgan fingerprint density at radius 2 is 2.22 bits per heavy atom. The van der Waals surface area contributed by atoms with Crippen LogP contribution >= 0.6 is 15.9 Å². The van der Waals surface area contributed by atoms with E-state index in [0.717, 1.165) is 17.6 Å². The van der Waals surface area contributed by atoms with Crippen molar-refractivity contribution >= 4 is 21.6 Å². The first kappa shape index (κ1) is 13.8. The van der Waals surface area contributed by atoms with Crippen LogP contribution in [0.3, 0.4) is 0 Å². The van der Waals surface area contributed by atoms with Gasteiger partial charge in [-0.25, -0.2) is 0 Å². The molecule has 100 valence electrons. The van der Waals surface area contributed by atoms with E-state index in [2.05, 4.69) is 58.0 Å². The summed E-state index contributed by atoms with van der Waals surface area (Å²) in [6, 6.07) is 3.34. The summed E-state index contributed by atoms with van der Waals surface area (Å²) in [6.07, 6.45) is 5.00. The van der Waals surface area contributed by atoms with Crippen LogP contribution in [0.25, 0.3) is 0 Å². The number of hydrogen-bond acceptors (Lipinski definition) is 3. The molecule has 4 heteroatoms. The molecule has 3 nitrogen and oxygen atoms in total. The highest BCUT2D eigenvalue weighted by Gasteiger charge is 2.32. The van der Waals surface area contributed by atoms with Crippen molar-refractivity contribution in [3.05, 3.63) is 22.9 Å². The second-order valence-corrected chi connectivity index (χ2v) is 6.02. The highest BCUT2D eigenvalue weighted by molar-refractivity contribution is 9.10. The van der Waals surface area contributed by atoms with Gasteiger partial charge in [-0.2, -0.15) is 0 Å². The number of hydrogen-bond donors (Lipinski definition) is 1. The van der Waals surface area contributed by atoms with Crippen molar-refractivity contribution in [3.63, 3.8) is 0 Å². The minimum atomic E-state index is 0.541. The summed E-state index contributed by atoms with van der Waals surface area (Å²) in [7, 11) is 0. The molecule has 0 bridgehead atoms. The number of halogens is 1. The molecule has 0 saturated carbocycles. The summed E-state index contributed by atoms with van der Waals surface area (Å²) in [5, 5.41) is 3.60. The molecular weight excluding hydrogens is 290 g/mol. The molecule has 1 aromatic heterocycles. The maximum absolute atomic E-state index is 4.27. The second kappa shape index (κ2) is 6.02. The number of aromatic nitrogens is 1. The molecule has 0 amide bonds. The maximum atomic E-state index is 4.27. The molecule has 0 aliphatic carbocycles. The average Bonchev–Trinajstić information content (AvgIpc) is 2.35. The molecule has 1 saturated heterocycles. The molecule has 3 atom stereocenters. The van der Waals surface area contributed by atoms with Crippen LogP contribution in [0.2, 0.25) is 0 Å². The lowest BCUT2D eigenvalue weighted by atomic mass is 9.86. The third kappa shape index (κ3) is 2.86. The highest BCUT2D eigenvalue weighted by Crippen LogP contribution is 2.29. The van der Waals surface area contributed by atoms with E-state index >= 15 is 0 Å². The van der Waals surface area contributed by atoms with Crippen molar-refractivity contribution < 1.29 is 0 Å². The van der Waals surface area contributed by atoms with Gasteiger partial charge in [0.05, 0.1) is 11.9 Å². The Balaban J connectivity index is 2.12. The standard InChI is InChI=1S/C14H22BrN3/c1-4-17-14-5-6-18(11(3)10(14)2)13-7-12(15)8-16-9-13/h7-11,14,17H,4-6H2,1-3H3. The molecule has 1 aliphatic rings. The Morgan fingerprint density at radius 1 is 1.44 bits per heavy atom. The van der Waals surface area contributed by atoms with Crippen molar-refractivity contribution in [1.29, 1.82) is 0 Å². The predicted molar refractivity (Wildman–Crippen MR) is 80.0 cm³/mol. The minimum absolute atomic E-state index is 0.541. The molecule has 2 rings (SSSR count). The zero-order valence-electron chi connectivity index (χ0n) is 11.4. The normalized spacial score (nSPS) is 28.4. The first-order valence-corrected chi connectivity index (χ1v) is 7.53. The number of nitrogens with zero attached hydrogens (tertiary/aromatic N) is 2. The Hall–Kier alpha value is -0.610. The SMILES string of the molecule is CCNC1CCN(c2cncc(Br)c2)C(C)C1C. The zero-order chi connectivity index (χ0) is 13.1. The van der Waals surface area contributed by atoms with Crippen LogP contribution in [0.15, 0.2) is 22.9 Å². The van der Waals surface area contributed by atoms with Gasteiger partial charge in [0.1, 0.15) is 0 Å². The molecule has 0 radical (unpaired) electrons. The average molecular weight is 312 g/mol. The molecule has 18 heavy (non-hydrogen) atoms. The first-order chi connectivity index (χ1) is 8.63. The summed E-state index contributed by atoms with van der Waals surface area (Å²) in [5.74, 6) is 0.651. The minimum Gasteiger partial charge on any atom is -0.367 e. The smallest absolute Gasteiger partial charge is 0.0566 e. The lowest BCUT2D eigenvalue weighted by Gasteiger charge is -2.44. The van der Waals surface area contributed by atoms with Crippen LogP contribution in [-0.2, 0) is 0 Å². The molecule has 1 N–H and O–H groups in total. The number of pyridine rings is 1. The fraction of sp³-hybridized carbons (Fsp3) is 0.643. The number of anilines is 1. The van der Waals surface area contributed by atoms with Gasteiger partial charge in [-0.15, -0.1) is 0 Å². The lowest BCUT2D eigenvalue weighted by molar-refractivity contribution is 0.274. The fourth-order valence-corrected chi connectivity index (χ4v) is 3.19. The number of nitrogens with one attached hydrogen (secondary N) is 1. The Morgan fingerprint density at radius 3 is 2.89 bits per heavy atom. The van der Waals surface area contributed by atoms with E-state index in [9.17, 15) is 0 Å². The van der Waals surface area contributed by atoms with Gasteiger partial charge in [0.25, 0.3) is 0 Å². The van der Waals surface area contributed by atoms with Gasteiger partial charge < -0.3 is 10.2 Å². The third-order valence-corrected chi connectivity index (χ3v) is 4.49. The summed E-state index contributed by atoms with van der Waals surface area (Å²) in [4.78, 5) is 6.74. The van der Waals surface area contributed by atoms with Gasteiger partial charge in [0, 0.05) is 29.3 Å². The quantitative estimate of drug-likeness (QED) is 0.930. The van der Waals surface area contributed by atoms with Crippen molar-refractivity contribution in [2.45, 2.75) is 39.3 Å². The predicted octanol–water partition coefficient (Wildman–Crippen LogP) is 3.06. The summed E-state index contributed by atoms with van der Waals surface area (Å²) < 4.78 is 1.05. The third-order valence-electron chi connectivity index (χ3n) is 4.06. The van der Waals surface area contributed by atoms with E-state index in [-0.39, 0.29) is 0 Å². The van der Waals surface area contributed by atoms with Crippen molar-refractivity contribution in [3.8, 4) is 0 Å². The Bertz CT molecular complexity index is 396. The molecule has 1 aliphatic heterocycles. The topological polar surface area (TPSA) is 28.2 Å².